The van der Waals surface area contributed by atoms with E-state index in [1.807, 2.05) is 0 Å². The van der Waals surface area contributed by atoms with Crippen molar-refractivity contribution < 1.29 is 4.74 Å². The van der Waals surface area contributed by atoms with E-state index in [-0.39, 0.29) is 5.60 Å². The summed E-state index contributed by atoms with van der Waals surface area (Å²) in [6, 6.07) is 1.28. The molecule has 4 heteroatoms. The van der Waals surface area contributed by atoms with Gasteiger partial charge in [-0.25, -0.2) is 0 Å². The van der Waals surface area contributed by atoms with Gasteiger partial charge in [-0.1, -0.05) is 6.42 Å². The Morgan fingerprint density at radius 2 is 2.00 bits per heavy atom. The molecule has 3 nitrogen and oxygen atoms in total. The zero-order chi connectivity index (χ0) is 14.5. The molecule has 3 rings (SSSR count). The maximum Gasteiger partial charge on any atom is 0.0713 e. The lowest BCUT2D eigenvalue weighted by Crippen LogP contribution is -2.52. The fourth-order valence-electron chi connectivity index (χ4n) is 4.25. The van der Waals surface area contributed by atoms with E-state index in [0.717, 1.165) is 6.61 Å². The van der Waals surface area contributed by atoms with Gasteiger partial charge in [-0.3, -0.25) is 0 Å². The van der Waals surface area contributed by atoms with Crippen LogP contribution in [0, 0.1) is 0 Å². The van der Waals surface area contributed by atoms with Gasteiger partial charge in [-0.2, -0.15) is 11.8 Å². The topological polar surface area (TPSA) is 24.5 Å². The third-order valence-electron chi connectivity index (χ3n) is 5.40. The lowest BCUT2D eigenvalue weighted by atomic mass is 9.85. The molecule has 122 valence electrons. The fourth-order valence-corrected chi connectivity index (χ4v) is 5.48. The molecular formula is C17H32N2OS. The second-order valence-corrected chi connectivity index (χ2v) is 8.49. The van der Waals surface area contributed by atoms with E-state index >= 15 is 0 Å². The van der Waals surface area contributed by atoms with Crippen LogP contribution in [0.2, 0.25) is 0 Å². The maximum atomic E-state index is 6.20. The summed E-state index contributed by atoms with van der Waals surface area (Å²) in [7, 11) is 0. The molecule has 0 saturated carbocycles. The summed E-state index contributed by atoms with van der Waals surface area (Å²) in [6.45, 7) is 7.16. The molecule has 0 aromatic rings. The van der Waals surface area contributed by atoms with Crippen molar-refractivity contribution in [3.63, 3.8) is 0 Å². The van der Waals surface area contributed by atoms with Gasteiger partial charge in [0, 0.05) is 25.2 Å². The van der Waals surface area contributed by atoms with E-state index in [1.54, 1.807) is 0 Å². The van der Waals surface area contributed by atoms with Crippen molar-refractivity contribution in [3.05, 3.63) is 0 Å². The number of nitrogens with one attached hydrogen (secondary N) is 1. The molecule has 3 aliphatic rings. The predicted octanol–water partition coefficient (Wildman–Crippen LogP) is 2.90. The number of hydrogen-bond acceptors (Lipinski definition) is 4. The molecule has 1 N–H and O–H groups in total. The van der Waals surface area contributed by atoms with Crippen molar-refractivity contribution in [2.45, 2.75) is 69.6 Å². The van der Waals surface area contributed by atoms with Gasteiger partial charge in [0.25, 0.3) is 0 Å². The Balaban J connectivity index is 1.45. The van der Waals surface area contributed by atoms with E-state index in [9.17, 15) is 0 Å². The van der Waals surface area contributed by atoms with Gasteiger partial charge in [0.2, 0.25) is 0 Å². The highest BCUT2D eigenvalue weighted by Gasteiger charge is 2.38. The molecule has 2 atom stereocenters. The van der Waals surface area contributed by atoms with Gasteiger partial charge in [0.1, 0.15) is 0 Å². The summed E-state index contributed by atoms with van der Waals surface area (Å²) in [5, 5.41) is 3.91. The molecule has 3 fully saturated rings. The molecule has 3 aliphatic heterocycles. The number of rotatable bonds is 4. The van der Waals surface area contributed by atoms with E-state index in [4.69, 9.17) is 4.74 Å². The normalized spacial score (nSPS) is 32.1. The van der Waals surface area contributed by atoms with Gasteiger partial charge in [0.15, 0.2) is 0 Å². The van der Waals surface area contributed by atoms with Crippen LogP contribution in [0.25, 0.3) is 0 Å². The maximum absolute atomic E-state index is 6.20. The number of thioether (sulfide) groups is 1. The van der Waals surface area contributed by atoms with Gasteiger partial charge in [-0.15, -0.1) is 0 Å². The summed E-state index contributed by atoms with van der Waals surface area (Å²) < 4.78 is 6.20. The van der Waals surface area contributed by atoms with Crippen LogP contribution in [-0.4, -0.2) is 60.3 Å². The second kappa shape index (κ2) is 7.67. The highest BCUT2D eigenvalue weighted by Crippen LogP contribution is 2.37. The zero-order valence-corrected chi connectivity index (χ0v) is 14.4. The smallest absolute Gasteiger partial charge is 0.0713 e. The van der Waals surface area contributed by atoms with Crippen molar-refractivity contribution in [1.29, 1.82) is 0 Å². The molecule has 21 heavy (non-hydrogen) atoms. The molecule has 0 aromatic heterocycles. The minimum atomic E-state index is 0.214. The third-order valence-corrected chi connectivity index (χ3v) is 6.38. The minimum absolute atomic E-state index is 0.214. The first-order valence-electron chi connectivity index (χ1n) is 8.96. The number of piperidine rings is 1. The Hall–Kier alpha value is 0.230. The van der Waals surface area contributed by atoms with E-state index in [0.29, 0.717) is 12.1 Å². The van der Waals surface area contributed by atoms with Crippen LogP contribution < -0.4 is 5.32 Å². The summed E-state index contributed by atoms with van der Waals surface area (Å²) in [4.78, 5) is 2.65. The van der Waals surface area contributed by atoms with Crippen LogP contribution >= 0.6 is 11.8 Å². The van der Waals surface area contributed by atoms with Gasteiger partial charge in [-0.05, 0) is 70.0 Å². The van der Waals surface area contributed by atoms with Gasteiger partial charge >= 0.3 is 0 Å². The number of ether oxygens (including phenoxy) is 1. The zero-order valence-electron chi connectivity index (χ0n) is 13.6. The van der Waals surface area contributed by atoms with Gasteiger partial charge in [0.05, 0.1) is 5.60 Å². The van der Waals surface area contributed by atoms with Crippen LogP contribution in [0.3, 0.4) is 0 Å². The van der Waals surface area contributed by atoms with Crippen LogP contribution in [0.5, 0.6) is 0 Å². The first-order chi connectivity index (χ1) is 10.3. The Bertz CT molecular complexity index is 308. The highest BCUT2D eigenvalue weighted by atomic mass is 32.2. The molecular weight excluding hydrogens is 280 g/mol. The quantitative estimate of drug-likeness (QED) is 0.863. The average Bonchev–Trinajstić information content (AvgIpc) is 2.49. The van der Waals surface area contributed by atoms with Crippen LogP contribution in [-0.2, 0) is 4.74 Å². The van der Waals surface area contributed by atoms with Gasteiger partial charge < -0.3 is 15.0 Å². The molecule has 0 aliphatic carbocycles. The van der Waals surface area contributed by atoms with Crippen molar-refractivity contribution in [2.24, 2.45) is 0 Å². The summed E-state index contributed by atoms with van der Waals surface area (Å²) in [5.41, 5.74) is 0.214. The molecule has 0 aromatic carbocycles. The van der Waals surface area contributed by atoms with Crippen molar-refractivity contribution in [1.82, 2.24) is 10.2 Å². The van der Waals surface area contributed by atoms with E-state index < -0.39 is 0 Å². The van der Waals surface area contributed by atoms with Crippen LogP contribution in [0.4, 0.5) is 0 Å². The van der Waals surface area contributed by atoms with E-state index in [2.05, 4.69) is 28.9 Å². The largest absolute Gasteiger partial charge is 0.375 e. The first-order valence-corrected chi connectivity index (χ1v) is 10.1. The lowest BCUT2D eigenvalue weighted by molar-refractivity contribution is -0.0942. The number of hydrogen-bond donors (Lipinski definition) is 1. The van der Waals surface area contributed by atoms with E-state index in [1.165, 1.54) is 76.1 Å². The van der Waals surface area contributed by atoms with Crippen molar-refractivity contribution in [3.8, 4) is 0 Å². The SMILES string of the molecule is CC(CN1CCCCC1)NC1CCOC2(CCSCC2)C1. The molecule has 0 amide bonds. The summed E-state index contributed by atoms with van der Waals surface area (Å²) >= 11 is 2.09. The summed E-state index contributed by atoms with van der Waals surface area (Å²) in [6.07, 6.45) is 9.16. The molecule has 1 spiro atoms. The monoisotopic (exact) mass is 312 g/mol. The Kier molecular flexibility index (Phi) is 5.88. The van der Waals surface area contributed by atoms with Crippen molar-refractivity contribution in [2.75, 3.05) is 37.7 Å². The number of likely N-dealkylation sites (tertiary alicyclic amines) is 1. The molecule has 3 heterocycles. The Labute approximate surface area is 134 Å². The third kappa shape index (κ3) is 4.60. The lowest BCUT2D eigenvalue weighted by Gasteiger charge is -2.44. The first kappa shape index (κ1) is 16.1. The minimum Gasteiger partial charge on any atom is -0.375 e. The average molecular weight is 313 g/mol. The second-order valence-electron chi connectivity index (χ2n) is 7.26. The molecule has 2 unspecified atom stereocenters. The Morgan fingerprint density at radius 3 is 2.76 bits per heavy atom. The van der Waals surface area contributed by atoms with Crippen molar-refractivity contribution >= 4 is 11.8 Å². The standard InChI is InChI=1S/C17H32N2OS/c1-15(14-19-8-3-2-4-9-19)18-16-5-10-20-17(13-16)6-11-21-12-7-17/h15-16,18H,2-14H2,1H3. The molecule has 0 bridgehead atoms. The molecule has 0 radical (unpaired) electrons. The molecule has 3 saturated heterocycles. The number of nitrogens with zero attached hydrogens (tertiary/aromatic N) is 1. The predicted molar refractivity (Wildman–Crippen MR) is 91.2 cm³/mol. The van der Waals surface area contributed by atoms with Crippen LogP contribution in [0.1, 0.15) is 51.9 Å². The van der Waals surface area contributed by atoms with Crippen LogP contribution in [0.15, 0.2) is 0 Å². The highest BCUT2D eigenvalue weighted by molar-refractivity contribution is 7.99. The summed E-state index contributed by atoms with van der Waals surface area (Å²) in [5.74, 6) is 2.58. The fraction of sp³-hybridized carbons (Fsp3) is 1.00. The Morgan fingerprint density at radius 1 is 1.24 bits per heavy atom.